The summed E-state index contributed by atoms with van der Waals surface area (Å²) in [6.07, 6.45) is 1.69. The predicted octanol–water partition coefficient (Wildman–Crippen LogP) is 4.43. The lowest BCUT2D eigenvalue weighted by Gasteiger charge is -2.07. The third-order valence-corrected chi connectivity index (χ3v) is 4.16. The Kier molecular flexibility index (Phi) is 4.35. The maximum absolute atomic E-state index is 12.6. The number of hydrogen-bond acceptors (Lipinski definition) is 2. The van der Waals surface area contributed by atoms with Gasteiger partial charge < -0.3 is 5.32 Å². The summed E-state index contributed by atoms with van der Waals surface area (Å²) in [4.78, 5) is 12.6. The van der Waals surface area contributed by atoms with E-state index in [9.17, 15) is 4.79 Å². The molecule has 0 saturated carbocycles. The van der Waals surface area contributed by atoms with Crippen LogP contribution in [0.4, 0.5) is 5.69 Å². The zero-order valence-electron chi connectivity index (χ0n) is 13.1. The molecular formula is C18H18ClN3O. The Labute approximate surface area is 140 Å². The van der Waals surface area contributed by atoms with Gasteiger partial charge in [0.05, 0.1) is 10.7 Å². The molecule has 118 valence electrons. The number of amides is 1. The lowest BCUT2D eigenvalue weighted by atomic mass is 10.1. The molecule has 0 radical (unpaired) electrons. The summed E-state index contributed by atoms with van der Waals surface area (Å²) in [5.74, 6) is -0.248. The van der Waals surface area contributed by atoms with Crippen LogP contribution in [0.5, 0.6) is 0 Å². The van der Waals surface area contributed by atoms with E-state index in [1.807, 2.05) is 42.5 Å². The van der Waals surface area contributed by atoms with E-state index in [4.69, 9.17) is 11.6 Å². The highest BCUT2D eigenvalue weighted by atomic mass is 35.5. The molecule has 23 heavy (non-hydrogen) atoms. The number of anilines is 1. The highest BCUT2D eigenvalue weighted by Gasteiger charge is 2.20. The molecule has 4 nitrogen and oxygen atoms in total. The summed E-state index contributed by atoms with van der Waals surface area (Å²) >= 11 is 6.32. The van der Waals surface area contributed by atoms with E-state index in [-0.39, 0.29) is 5.91 Å². The molecule has 1 N–H and O–H groups in total. The fourth-order valence-electron chi connectivity index (χ4n) is 2.65. The second kappa shape index (κ2) is 6.42. The lowest BCUT2D eigenvalue weighted by Crippen LogP contribution is -2.16. The first-order valence-electron chi connectivity index (χ1n) is 7.61. The number of nitrogens with zero attached hydrogens (tertiary/aromatic N) is 2. The van der Waals surface area contributed by atoms with E-state index in [0.29, 0.717) is 10.7 Å². The average molecular weight is 328 g/mol. The lowest BCUT2D eigenvalue weighted by molar-refractivity contribution is 0.101. The Morgan fingerprint density at radius 1 is 1.22 bits per heavy atom. The highest BCUT2D eigenvalue weighted by molar-refractivity contribution is 6.34. The molecule has 1 aromatic heterocycles. The van der Waals surface area contributed by atoms with E-state index >= 15 is 0 Å². The van der Waals surface area contributed by atoms with Crippen LogP contribution in [-0.2, 0) is 13.5 Å². The van der Waals surface area contributed by atoms with Crippen molar-refractivity contribution in [3.8, 4) is 0 Å². The van der Waals surface area contributed by atoms with Crippen LogP contribution in [0.3, 0.4) is 0 Å². The number of carbonyl (C=O) groups is 1. The molecule has 0 unspecified atom stereocenters. The van der Waals surface area contributed by atoms with Crippen molar-refractivity contribution in [1.29, 1.82) is 0 Å². The average Bonchev–Trinajstić information content (AvgIpc) is 2.82. The third-order valence-electron chi connectivity index (χ3n) is 3.76. The molecule has 0 spiro atoms. The summed E-state index contributed by atoms with van der Waals surface area (Å²) < 4.78 is 1.55. The quantitative estimate of drug-likeness (QED) is 0.770. The van der Waals surface area contributed by atoms with Crippen LogP contribution in [-0.4, -0.2) is 15.7 Å². The normalized spacial score (nSPS) is 10.9. The van der Waals surface area contributed by atoms with E-state index in [1.165, 1.54) is 0 Å². The zero-order valence-corrected chi connectivity index (χ0v) is 13.9. The minimum absolute atomic E-state index is 0.248. The van der Waals surface area contributed by atoms with Crippen molar-refractivity contribution in [1.82, 2.24) is 9.78 Å². The number of aromatic nitrogens is 2. The Balaban J connectivity index is 1.88. The van der Waals surface area contributed by atoms with Gasteiger partial charge >= 0.3 is 0 Å². The Hall–Kier alpha value is -2.33. The van der Waals surface area contributed by atoms with Crippen molar-refractivity contribution >= 4 is 34.0 Å². The first kappa shape index (κ1) is 15.6. The molecule has 0 atom stereocenters. The topological polar surface area (TPSA) is 46.9 Å². The van der Waals surface area contributed by atoms with Crippen molar-refractivity contribution < 1.29 is 4.79 Å². The molecule has 1 amide bonds. The monoisotopic (exact) mass is 327 g/mol. The SMILES string of the molecule is CCCc1nn(C)c(C(=O)Nc2ccc3ccccc3c2)c1Cl. The van der Waals surface area contributed by atoms with Crippen molar-refractivity contribution in [3.05, 3.63) is 58.9 Å². The number of carbonyl (C=O) groups excluding carboxylic acids is 1. The highest BCUT2D eigenvalue weighted by Crippen LogP contribution is 2.24. The van der Waals surface area contributed by atoms with Crippen molar-refractivity contribution in [3.63, 3.8) is 0 Å². The Bertz CT molecular complexity index is 870. The summed E-state index contributed by atoms with van der Waals surface area (Å²) in [5.41, 5.74) is 1.90. The molecule has 1 heterocycles. The Morgan fingerprint density at radius 3 is 2.70 bits per heavy atom. The number of hydrogen-bond donors (Lipinski definition) is 1. The van der Waals surface area contributed by atoms with E-state index in [2.05, 4.69) is 17.3 Å². The summed E-state index contributed by atoms with van der Waals surface area (Å²) in [7, 11) is 1.74. The number of halogens is 1. The third kappa shape index (κ3) is 3.08. The zero-order chi connectivity index (χ0) is 16.4. The van der Waals surface area contributed by atoms with Crippen LogP contribution >= 0.6 is 11.6 Å². The van der Waals surface area contributed by atoms with E-state index < -0.39 is 0 Å². The number of rotatable bonds is 4. The summed E-state index contributed by atoms with van der Waals surface area (Å²) in [6.45, 7) is 2.06. The smallest absolute Gasteiger partial charge is 0.275 e. The molecule has 0 aliphatic carbocycles. The second-order valence-electron chi connectivity index (χ2n) is 5.50. The molecule has 0 bridgehead atoms. The number of nitrogens with one attached hydrogen (secondary N) is 1. The molecular weight excluding hydrogens is 310 g/mol. The van der Waals surface area contributed by atoms with Gasteiger partial charge in [-0.05, 0) is 29.3 Å². The standard InChI is InChI=1S/C18H18ClN3O/c1-3-6-15-16(19)17(22(2)21-15)18(23)20-14-10-9-12-7-4-5-8-13(12)11-14/h4-5,7-11H,3,6H2,1-2H3,(H,20,23). The van der Waals surface area contributed by atoms with Gasteiger partial charge in [0.2, 0.25) is 0 Å². The number of aryl methyl sites for hydroxylation is 2. The largest absolute Gasteiger partial charge is 0.321 e. The van der Waals surface area contributed by atoms with Gasteiger partial charge in [0.15, 0.2) is 0 Å². The van der Waals surface area contributed by atoms with Gasteiger partial charge in [0.25, 0.3) is 5.91 Å². The van der Waals surface area contributed by atoms with Gasteiger partial charge in [0.1, 0.15) is 5.69 Å². The number of fused-ring (bicyclic) bond motifs is 1. The van der Waals surface area contributed by atoms with Crippen molar-refractivity contribution in [2.75, 3.05) is 5.32 Å². The minimum atomic E-state index is -0.248. The fourth-order valence-corrected chi connectivity index (χ4v) is 2.99. The van der Waals surface area contributed by atoms with Gasteiger partial charge in [0, 0.05) is 12.7 Å². The van der Waals surface area contributed by atoms with Crippen LogP contribution in [0.15, 0.2) is 42.5 Å². The van der Waals surface area contributed by atoms with E-state index in [1.54, 1.807) is 11.7 Å². The van der Waals surface area contributed by atoms with Crippen molar-refractivity contribution in [2.24, 2.45) is 7.05 Å². The molecule has 3 rings (SSSR count). The molecule has 0 saturated heterocycles. The maximum atomic E-state index is 12.6. The summed E-state index contributed by atoms with van der Waals surface area (Å²) in [5, 5.41) is 9.89. The first-order valence-corrected chi connectivity index (χ1v) is 7.99. The van der Waals surface area contributed by atoms with Gasteiger partial charge in [-0.15, -0.1) is 0 Å². The maximum Gasteiger partial charge on any atom is 0.275 e. The van der Waals surface area contributed by atoms with Crippen LogP contribution in [0.1, 0.15) is 29.5 Å². The van der Waals surface area contributed by atoms with Gasteiger partial charge in [-0.2, -0.15) is 5.10 Å². The molecule has 0 aliphatic rings. The van der Waals surface area contributed by atoms with Crippen LogP contribution in [0.25, 0.3) is 10.8 Å². The molecule has 0 fully saturated rings. The fraction of sp³-hybridized carbons (Fsp3) is 0.222. The van der Waals surface area contributed by atoms with E-state index in [0.717, 1.165) is 35.0 Å². The van der Waals surface area contributed by atoms with Gasteiger partial charge in [-0.1, -0.05) is 55.3 Å². The predicted molar refractivity (Wildman–Crippen MR) is 94.1 cm³/mol. The molecule has 3 aromatic rings. The van der Waals surface area contributed by atoms with Gasteiger partial charge in [-0.25, -0.2) is 0 Å². The van der Waals surface area contributed by atoms with Crippen LogP contribution in [0.2, 0.25) is 5.02 Å². The van der Waals surface area contributed by atoms with Gasteiger partial charge in [-0.3, -0.25) is 9.48 Å². The van der Waals surface area contributed by atoms with Crippen molar-refractivity contribution in [2.45, 2.75) is 19.8 Å². The van der Waals surface area contributed by atoms with Crippen LogP contribution in [0, 0.1) is 0 Å². The first-order chi connectivity index (χ1) is 11.1. The number of benzene rings is 2. The molecule has 2 aromatic carbocycles. The second-order valence-corrected chi connectivity index (χ2v) is 5.88. The summed E-state index contributed by atoms with van der Waals surface area (Å²) in [6, 6.07) is 13.8. The Morgan fingerprint density at radius 2 is 1.96 bits per heavy atom. The molecule has 5 heteroatoms. The van der Waals surface area contributed by atoms with Crippen LogP contribution < -0.4 is 5.32 Å². The molecule has 0 aliphatic heterocycles. The minimum Gasteiger partial charge on any atom is -0.321 e.